The van der Waals surface area contributed by atoms with Gasteiger partial charge in [0.15, 0.2) is 0 Å². The lowest BCUT2D eigenvalue weighted by Gasteiger charge is -2.43. The normalized spacial score (nSPS) is 12.4. The summed E-state index contributed by atoms with van der Waals surface area (Å²) in [7, 11) is 7.89. The fourth-order valence-corrected chi connectivity index (χ4v) is 10.8. The van der Waals surface area contributed by atoms with Gasteiger partial charge in [-0.15, -0.1) is 0 Å². The minimum atomic E-state index is -1.26. The average molecular weight is 298 g/mol. The van der Waals surface area contributed by atoms with Gasteiger partial charge in [-0.2, -0.15) is 0 Å². The summed E-state index contributed by atoms with van der Waals surface area (Å²) in [6.07, 6.45) is 8.33. The molecular weight excluding hydrogens is 259 g/mol. The Morgan fingerprint density at radius 1 is 0.650 bits per heavy atom. The van der Waals surface area contributed by atoms with Gasteiger partial charge in [-0.05, 0) is 28.2 Å². The lowest BCUT2D eigenvalue weighted by atomic mass is 10.1. The zero-order valence-electron chi connectivity index (χ0n) is 15.3. The highest BCUT2D eigenvalue weighted by Gasteiger charge is 2.45. The number of nitrogens with zero attached hydrogens (tertiary/aromatic N) is 2. The summed E-state index contributed by atoms with van der Waals surface area (Å²) in [5, 5.41) is 0. The Bertz CT molecular complexity index is 205. The van der Waals surface area contributed by atoms with Crippen LogP contribution in [0.5, 0.6) is 0 Å². The molecule has 0 fully saturated rings. The molecule has 0 spiro atoms. The standard InChI is InChI=1S/C16H39BN2Si/c1-8-11-14-20(15-12-9-2,16-13-10-3)17(18(4)5)19(6)7/h8-16H2,1-7H3. The van der Waals surface area contributed by atoms with E-state index in [0.717, 1.165) is 0 Å². The zero-order chi connectivity index (χ0) is 15.6. The van der Waals surface area contributed by atoms with E-state index in [1.165, 1.54) is 56.7 Å². The topological polar surface area (TPSA) is 6.48 Å². The Balaban J connectivity index is 5.27. The number of hydrogen-bond acceptors (Lipinski definition) is 2. The molecule has 0 amide bonds. The van der Waals surface area contributed by atoms with Gasteiger partial charge in [0.2, 0.25) is 0 Å². The summed E-state index contributed by atoms with van der Waals surface area (Å²) in [5.41, 5.74) is 0. The van der Waals surface area contributed by atoms with Crippen molar-refractivity contribution in [3.05, 3.63) is 0 Å². The molecule has 0 bridgehead atoms. The molecule has 0 aliphatic carbocycles. The van der Waals surface area contributed by atoms with E-state index in [9.17, 15) is 0 Å². The molecule has 0 saturated carbocycles. The summed E-state index contributed by atoms with van der Waals surface area (Å²) in [4.78, 5) is 5.01. The van der Waals surface area contributed by atoms with Crippen LogP contribution in [0.15, 0.2) is 0 Å². The fraction of sp³-hybridized carbons (Fsp3) is 1.00. The predicted molar refractivity (Wildman–Crippen MR) is 98.0 cm³/mol. The van der Waals surface area contributed by atoms with Crippen molar-refractivity contribution in [3.63, 3.8) is 0 Å². The van der Waals surface area contributed by atoms with Crippen molar-refractivity contribution in [2.75, 3.05) is 28.2 Å². The maximum atomic E-state index is 2.51. The summed E-state index contributed by atoms with van der Waals surface area (Å²) >= 11 is 0. The molecule has 0 rings (SSSR count). The van der Waals surface area contributed by atoms with Crippen LogP contribution >= 0.6 is 0 Å². The van der Waals surface area contributed by atoms with E-state index in [1.807, 2.05) is 0 Å². The highest BCUT2D eigenvalue weighted by Crippen LogP contribution is 2.32. The minimum absolute atomic E-state index is 0.701. The highest BCUT2D eigenvalue weighted by atomic mass is 28.3. The molecule has 0 aliphatic rings. The van der Waals surface area contributed by atoms with Crippen molar-refractivity contribution in [1.82, 2.24) is 9.62 Å². The van der Waals surface area contributed by atoms with Crippen LogP contribution in [-0.4, -0.2) is 52.3 Å². The lowest BCUT2D eigenvalue weighted by molar-refractivity contribution is 0.531. The summed E-state index contributed by atoms with van der Waals surface area (Å²) in [6, 6.07) is 4.56. The van der Waals surface area contributed by atoms with Crippen LogP contribution in [0, 0.1) is 0 Å². The highest BCUT2D eigenvalue weighted by molar-refractivity contribution is 7.31. The first-order valence-electron chi connectivity index (χ1n) is 8.78. The second-order valence-electron chi connectivity index (χ2n) is 6.97. The monoisotopic (exact) mass is 298 g/mol. The second-order valence-corrected chi connectivity index (χ2v) is 11.7. The van der Waals surface area contributed by atoms with Crippen LogP contribution in [0.4, 0.5) is 0 Å². The van der Waals surface area contributed by atoms with Crippen LogP contribution in [0.25, 0.3) is 0 Å². The molecule has 120 valence electrons. The van der Waals surface area contributed by atoms with Crippen LogP contribution in [0.1, 0.15) is 59.3 Å². The molecule has 0 saturated heterocycles. The quantitative estimate of drug-likeness (QED) is 0.489. The Morgan fingerprint density at radius 3 is 1.15 bits per heavy atom. The fourth-order valence-electron chi connectivity index (χ4n) is 3.91. The third-order valence-electron chi connectivity index (χ3n) is 4.61. The van der Waals surface area contributed by atoms with Crippen molar-refractivity contribution in [2.24, 2.45) is 0 Å². The van der Waals surface area contributed by atoms with Gasteiger partial charge in [0, 0.05) is 0 Å². The van der Waals surface area contributed by atoms with E-state index >= 15 is 0 Å². The Morgan fingerprint density at radius 2 is 0.950 bits per heavy atom. The van der Waals surface area contributed by atoms with E-state index in [1.54, 1.807) is 0 Å². The summed E-state index contributed by atoms with van der Waals surface area (Å²) in [6.45, 7) is 7.74. The van der Waals surface area contributed by atoms with Crippen molar-refractivity contribution >= 4 is 14.5 Å². The Hall–Kier alpha value is 0.202. The molecule has 0 heterocycles. The molecular formula is C16H39BN2Si. The third kappa shape index (κ3) is 6.32. The summed E-state index contributed by atoms with van der Waals surface area (Å²) < 4.78 is 0. The number of hydrogen-bond donors (Lipinski definition) is 0. The molecule has 0 atom stereocenters. The van der Waals surface area contributed by atoms with Gasteiger partial charge in [-0.1, -0.05) is 77.4 Å². The van der Waals surface area contributed by atoms with Gasteiger partial charge in [0.25, 0.3) is 6.57 Å². The molecule has 0 unspecified atom stereocenters. The number of unbranched alkanes of at least 4 members (excludes halogenated alkanes) is 3. The Kier molecular flexibility index (Phi) is 11.0. The predicted octanol–water partition coefficient (Wildman–Crippen LogP) is 4.53. The van der Waals surface area contributed by atoms with Crippen LogP contribution in [-0.2, 0) is 0 Å². The first-order chi connectivity index (χ1) is 9.45. The first-order valence-corrected chi connectivity index (χ1v) is 11.5. The SMILES string of the molecule is CCCC[Si](CCCC)(CCCC)B(N(C)C)N(C)C. The van der Waals surface area contributed by atoms with Crippen molar-refractivity contribution < 1.29 is 0 Å². The van der Waals surface area contributed by atoms with E-state index in [4.69, 9.17) is 0 Å². The maximum absolute atomic E-state index is 2.51. The third-order valence-corrected chi connectivity index (χ3v) is 10.8. The molecule has 0 radical (unpaired) electrons. The van der Waals surface area contributed by atoms with E-state index < -0.39 is 7.94 Å². The molecule has 0 N–H and O–H groups in total. The summed E-state index contributed by atoms with van der Waals surface area (Å²) in [5.74, 6) is 0. The van der Waals surface area contributed by atoms with E-state index in [0.29, 0.717) is 6.57 Å². The molecule has 0 aliphatic heterocycles. The minimum Gasteiger partial charge on any atom is -0.336 e. The van der Waals surface area contributed by atoms with Gasteiger partial charge in [-0.25, -0.2) is 0 Å². The van der Waals surface area contributed by atoms with Crippen LogP contribution in [0.2, 0.25) is 18.1 Å². The van der Waals surface area contributed by atoms with Gasteiger partial charge >= 0.3 is 0 Å². The zero-order valence-corrected chi connectivity index (χ0v) is 16.3. The molecule has 20 heavy (non-hydrogen) atoms. The number of rotatable bonds is 12. The van der Waals surface area contributed by atoms with Crippen molar-refractivity contribution in [1.29, 1.82) is 0 Å². The van der Waals surface area contributed by atoms with Crippen molar-refractivity contribution in [2.45, 2.75) is 77.4 Å². The largest absolute Gasteiger partial charge is 0.336 e. The van der Waals surface area contributed by atoms with Crippen LogP contribution in [0.3, 0.4) is 0 Å². The molecule has 4 heteroatoms. The van der Waals surface area contributed by atoms with Crippen LogP contribution < -0.4 is 0 Å². The first kappa shape index (κ1) is 20.2. The van der Waals surface area contributed by atoms with E-state index in [-0.39, 0.29) is 0 Å². The maximum Gasteiger partial charge on any atom is 0.294 e. The van der Waals surface area contributed by atoms with Gasteiger partial charge in [-0.3, -0.25) is 0 Å². The smallest absolute Gasteiger partial charge is 0.294 e. The van der Waals surface area contributed by atoms with Gasteiger partial charge in [0.05, 0.1) is 7.94 Å². The second kappa shape index (κ2) is 10.9. The van der Waals surface area contributed by atoms with E-state index in [2.05, 4.69) is 58.6 Å². The van der Waals surface area contributed by atoms with Gasteiger partial charge in [0.1, 0.15) is 0 Å². The molecule has 0 aromatic carbocycles. The average Bonchev–Trinajstić information content (AvgIpc) is 2.39. The Labute approximate surface area is 130 Å². The molecule has 2 nitrogen and oxygen atoms in total. The van der Waals surface area contributed by atoms with Gasteiger partial charge < -0.3 is 9.62 Å². The molecule has 0 aromatic rings. The molecule has 0 aromatic heterocycles. The van der Waals surface area contributed by atoms with Crippen molar-refractivity contribution in [3.8, 4) is 0 Å². The lowest BCUT2D eigenvalue weighted by Crippen LogP contribution is -2.65.